The summed E-state index contributed by atoms with van der Waals surface area (Å²) in [5, 5.41) is 2.75. The monoisotopic (exact) mass is 516 g/mol. The molecule has 0 unspecified atom stereocenters. The van der Waals surface area contributed by atoms with Crippen LogP contribution < -0.4 is 10.9 Å². The predicted octanol–water partition coefficient (Wildman–Crippen LogP) is 4.48. The molecule has 0 radical (unpaired) electrons. The highest BCUT2D eigenvalue weighted by molar-refractivity contribution is 5.97. The van der Waals surface area contributed by atoms with Crippen molar-refractivity contribution < 1.29 is 23.9 Å². The fourth-order valence-electron chi connectivity index (χ4n) is 5.44. The Kier molecular flexibility index (Phi) is 10.8. The lowest BCUT2D eigenvalue weighted by Gasteiger charge is -2.27. The van der Waals surface area contributed by atoms with E-state index in [0.29, 0.717) is 25.3 Å². The van der Waals surface area contributed by atoms with Gasteiger partial charge in [0.05, 0.1) is 13.7 Å². The number of carbonyl (C=O) groups excluding carboxylic acids is 3. The molecule has 0 aliphatic heterocycles. The number of ether oxygens (including phenoxy) is 2. The highest BCUT2D eigenvalue weighted by atomic mass is 16.5. The molecule has 0 aromatic carbocycles. The van der Waals surface area contributed by atoms with E-state index in [0.717, 1.165) is 62.6 Å². The van der Waals surface area contributed by atoms with Crippen molar-refractivity contribution in [3.05, 3.63) is 33.2 Å². The first-order valence-electron chi connectivity index (χ1n) is 14.0. The molecule has 1 aromatic rings. The van der Waals surface area contributed by atoms with Gasteiger partial charge in [0.25, 0.3) is 11.5 Å². The average molecular weight is 517 g/mol. The molecular formula is C29H44N2O6. The van der Waals surface area contributed by atoms with Crippen molar-refractivity contribution in [3.8, 4) is 0 Å². The van der Waals surface area contributed by atoms with Crippen molar-refractivity contribution in [3.63, 3.8) is 0 Å². The van der Waals surface area contributed by atoms with E-state index < -0.39 is 17.4 Å². The molecule has 0 spiro atoms. The summed E-state index contributed by atoms with van der Waals surface area (Å²) >= 11 is 0. The minimum atomic E-state index is -1.30. The average Bonchev–Trinajstić information content (AvgIpc) is 2.86. The lowest BCUT2D eigenvalue weighted by Crippen LogP contribution is -2.52. The van der Waals surface area contributed by atoms with Crippen LogP contribution in [0.1, 0.15) is 113 Å². The molecular weight excluding hydrogens is 472 g/mol. The largest absolute Gasteiger partial charge is 0.469 e. The van der Waals surface area contributed by atoms with Crippen molar-refractivity contribution in [2.75, 3.05) is 13.7 Å². The van der Waals surface area contributed by atoms with Crippen LogP contribution in [-0.2, 0) is 38.4 Å². The summed E-state index contributed by atoms with van der Waals surface area (Å²) in [7, 11) is 1.34. The van der Waals surface area contributed by atoms with Crippen LogP contribution in [0.15, 0.2) is 10.9 Å². The number of nitrogens with zero attached hydrogens (tertiary/aromatic N) is 1. The van der Waals surface area contributed by atoms with Crippen molar-refractivity contribution in [2.45, 2.75) is 116 Å². The molecule has 0 saturated heterocycles. The number of aryl methyl sites for hydroxylation is 1. The van der Waals surface area contributed by atoms with E-state index in [9.17, 15) is 19.2 Å². The third-order valence-electron chi connectivity index (χ3n) is 7.68. The fourth-order valence-corrected chi connectivity index (χ4v) is 5.44. The fraction of sp³-hybridized carbons (Fsp3) is 0.724. The van der Waals surface area contributed by atoms with E-state index in [1.165, 1.54) is 26.4 Å². The molecule has 8 nitrogen and oxygen atoms in total. The summed E-state index contributed by atoms with van der Waals surface area (Å²) < 4.78 is 11.8. The van der Waals surface area contributed by atoms with Crippen LogP contribution in [0.3, 0.4) is 0 Å². The smallest absolute Gasteiger partial charge is 0.331 e. The first-order chi connectivity index (χ1) is 17.7. The molecule has 1 N–H and O–H groups in total. The summed E-state index contributed by atoms with van der Waals surface area (Å²) in [6.45, 7) is 3.97. The van der Waals surface area contributed by atoms with Gasteiger partial charge >= 0.3 is 11.9 Å². The summed E-state index contributed by atoms with van der Waals surface area (Å²) in [6.07, 6.45) is 13.4. The number of carbonyl (C=O) groups is 3. The molecule has 2 aliphatic rings. The Labute approximate surface area is 220 Å². The standard InChI is InChI=1S/C29H44N2O6/c1-29(2,28(35)37-18-12-11-17-25(32)36-3)30-26(33)23-19-22-15-9-4-5-10-16-24(22)31(27(23)34)20-21-13-7-6-8-14-21/h19,21H,4-18,20H2,1-3H3,(H,30,33). The van der Waals surface area contributed by atoms with Crippen LogP contribution in [0.4, 0.5) is 0 Å². The van der Waals surface area contributed by atoms with E-state index in [2.05, 4.69) is 10.1 Å². The summed E-state index contributed by atoms with van der Waals surface area (Å²) in [5.41, 5.74) is 0.733. The van der Waals surface area contributed by atoms with E-state index in [4.69, 9.17) is 4.74 Å². The van der Waals surface area contributed by atoms with Gasteiger partial charge in [-0.15, -0.1) is 0 Å². The van der Waals surface area contributed by atoms with Gasteiger partial charge < -0.3 is 19.4 Å². The molecule has 3 rings (SSSR count). The van der Waals surface area contributed by atoms with E-state index >= 15 is 0 Å². The van der Waals surface area contributed by atoms with Gasteiger partial charge in [-0.05, 0) is 82.8 Å². The highest BCUT2D eigenvalue weighted by Gasteiger charge is 2.33. The second kappa shape index (κ2) is 13.8. The maximum Gasteiger partial charge on any atom is 0.331 e. The van der Waals surface area contributed by atoms with Crippen LogP contribution in [0.2, 0.25) is 0 Å². The summed E-state index contributed by atoms with van der Waals surface area (Å²) in [5.74, 6) is -0.957. The van der Waals surface area contributed by atoms with Crippen molar-refractivity contribution >= 4 is 17.8 Å². The summed E-state index contributed by atoms with van der Waals surface area (Å²) in [4.78, 5) is 51.0. The minimum absolute atomic E-state index is 0.106. The molecule has 1 saturated carbocycles. The van der Waals surface area contributed by atoms with E-state index in [1.807, 2.05) is 4.57 Å². The third kappa shape index (κ3) is 8.17. The zero-order valence-corrected chi connectivity index (χ0v) is 22.9. The molecule has 206 valence electrons. The lowest BCUT2D eigenvalue weighted by atomic mass is 9.88. The first kappa shape index (κ1) is 28.9. The number of pyridine rings is 1. The predicted molar refractivity (Wildman–Crippen MR) is 142 cm³/mol. The van der Waals surface area contributed by atoms with Gasteiger partial charge in [0.1, 0.15) is 11.1 Å². The molecule has 1 aromatic heterocycles. The normalized spacial score (nSPS) is 16.7. The van der Waals surface area contributed by atoms with Crippen LogP contribution in [0, 0.1) is 5.92 Å². The number of rotatable bonds is 10. The van der Waals surface area contributed by atoms with Gasteiger partial charge in [0, 0.05) is 18.7 Å². The second-order valence-electron chi connectivity index (χ2n) is 11.1. The van der Waals surface area contributed by atoms with Gasteiger partial charge in [-0.2, -0.15) is 0 Å². The van der Waals surface area contributed by atoms with Gasteiger partial charge in [-0.3, -0.25) is 14.4 Å². The second-order valence-corrected chi connectivity index (χ2v) is 11.1. The van der Waals surface area contributed by atoms with Crippen molar-refractivity contribution in [1.82, 2.24) is 9.88 Å². The van der Waals surface area contributed by atoms with Crippen LogP contribution in [-0.4, -0.2) is 41.7 Å². The molecule has 8 heteroatoms. The topological polar surface area (TPSA) is 104 Å². The number of unbranched alkanes of at least 4 members (excludes halogenated alkanes) is 1. The van der Waals surface area contributed by atoms with E-state index in [-0.39, 0.29) is 30.1 Å². The molecule has 2 aliphatic carbocycles. The molecule has 0 atom stereocenters. The van der Waals surface area contributed by atoms with Crippen molar-refractivity contribution in [1.29, 1.82) is 0 Å². The Hall–Kier alpha value is -2.64. The Balaban J connectivity index is 1.74. The zero-order chi connectivity index (χ0) is 26.8. The Morgan fingerprint density at radius 1 is 1.00 bits per heavy atom. The summed E-state index contributed by atoms with van der Waals surface area (Å²) in [6, 6.07) is 1.77. The van der Waals surface area contributed by atoms with Crippen molar-refractivity contribution in [2.24, 2.45) is 5.92 Å². The number of fused-ring (bicyclic) bond motifs is 1. The number of esters is 2. The van der Waals surface area contributed by atoms with Gasteiger partial charge in [0.15, 0.2) is 0 Å². The van der Waals surface area contributed by atoms with Crippen LogP contribution in [0.5, 0.6) is 0 Å². The SMILES string of the molecule is COC(=O)CCCCOC(=O)C(C)(C)NC(=O)c1cc2c(n(CC3CCCCC3)c1=O)CCCCCC2. The Morgan fingerprint density at radius 3 is 2.38 bits per heavy atom. The zero-order valence-electron chi connectivity index (χ0n) is 22.9. The Bertz CT molecular complexity index is 1010. The van der Waals surface area contributed by atoms with Crippen LogP contribution in [0.25, 0.3) is 0 Å². The first-order valence-corrected chi connectivity index (χ1v) is 14.0. The number of nitrogens with one attached hydrogen (secondary N) is 1. The number of amides is 1. The molecule has 1 heterocycles. The number of hydrogen-bond acceptors (Lipinski definition) is 6. The molecule has 1 amide bonds. The number of aromatic nitrogens is 1. The number of methoxy groups -OCH3 is 1. The van der Waals surface area contributed by atoms with E-state index in [1.54, 1.807) is 19.9 Å². The third-order valence-corrected chi connectivity index (χ3v) is 7.68. The van der Waals surface area contributed by atoms with Crippen LogP contribution >= 0.6 is 0 Å². The Morgan fingerprint density at radius 2 is 1.68 bits per heavy atom. The maximum absolute atomic E-state index is 13.7. The lowest BCUT2D eigenvalue weighted by molar-refractivity contribution is -0.150. The molecule has 0 bridgehead atoms. The highest BCUT2D eigenvalue weighted by Crippen LogP contribution is 2.27. The molecule has 37 heavy (non-hydrogen) atoms. The van der Waals surface area contributed by atoms with Gasteiger partial charge in [0.2, 0.25) is 0 Å². The van der Waals surface area contributed by atoms with Gasteiger partial charge in [-0.25, -0.2) is 4.79 Å². The molecule has 1 fully saturated rings. The maximum atomic E-state index is 13.7. The quantitative estimate of drug-likeness (QED) is 0.363. The minimum Gasteiger partial charge on any atom is -0.469 e. The number of hydrogen-bond donors (Lipinski definition) is 1. The van der Waals surface area contributed by atoms with Gasteiger partial charge in [-0.1, -0.05) is 32.1 Å².